The number of nitrogens with zero attached hydrogens (tertiary/aromatic N) is 3. The summed E-state index contributed by atoms with van der Waals surface area (Å²) in [6.07, 6.45) is 0.757. The molecule has 0 amide bonds. The Bertz CT molecular complexity index is 582. The number of aromatic nitrogens is 5. The third kappa shape index (κ3) is 2.84. The molecule has 5 nitrogen and oxygen atoms in total. The number of fused-ring (bicyclic) bond motifs is 1. The van der Waals surface area contributed by atoms with E-state index < -0.39 is 11.7 Å². The number of hydrogen-bond donors (Lipinski definition) is 2. The Balaban J connectivity index is 0.000000202. The first-order valence-electron chi connectivity index (χ1n) is 4.88. The van der Waals surface area contributed by atoms with Crippen molar-refractivity contribution < 1.29 is 13.2 Å². The number of hydrogen-bond acceptors (Lipinski definition) is 3. The Labute approximate surface area is 99.1 Å². The number of alkyl halides is 3. The Morgan fingerprint density at radius 3 is 2.39 bits per heavy atom. The molecule has 8 heteroatoms. The fourth-order valence-corrected chi connectivity index (χ4v) is 1.23. The van der Waals surface area contributed by atoms with Crippen LogP contribution in [0.4, 0.5) is 13.2 Å². The molecular formula is C10H8F3N5. The van der Waals surface area contributed by atoms with E-state index in [0.717, 1.165) is 12.1 Å². The second-order valence-corrected chi connectivity index (χ2v) is 3.29. The summed E-state index contributed by atoms with van der Waals surface area (Å²) in [4.78, 5) is 6.42. The average Bonchev–Trinajstić information content (AvgIpc) is 3.01. The number of benzene rings is 1. The first-order chi connectivity index (χ1) is 8.57. The molecule has 3 rings (SSSR count). The van der Waals surface area contributed by atoms with E-state index in [4.69, 9.17) is 0 Å². The number of imidazole rings is 1. The Hall–Kier alpha value is -2.38. The molecule has 2 aromatic heterocycles. The van der Waals surface area contributed by atoms with E-state index in [0.29, 0.717) is 5.52 Å². The maximum absolute atomic E-state index is 12.2. The maximum Gasteiger partial charge on any atom is 0.416 e. The topological polar surface area (TPSA) is 70.2 Å². The summed E-state index contributed by atoms with van der Waals surface area (Å²) in [5.41, 5.74) is -0.0725. The van der Waals surface area contributed by atoms with Crippen molar-refractivity contribution in [1.29, 1.82) is 0 Å². The zero-order chi connectivity index (χ0) is 13.0. The molecule has 0 bridgehead atoms. The van der Waals surface area contributed by atoms with Crippen molar-refractivity contribution in [2.24, 2.45) is 0 Å². The van der Waals surface area contributed by atoms with Gasteiger partial charge in [0.15, 0.2) is 0 Å². The second-order valence-electron chi connectivity index (χ2n) is 3.29. The van der Waals surface area contributed by atoms with Gasteiger partial charge in [-0.3, -0.25) is 0 Å². The predicted molar refractivity (Wildman–Crippen MR) is 57.5 cm³/mol. The molecule has 0 aliphatic heterocycles. The SMILES string of the molecule is FC(F)(F)c1ccc2n[nH]nc2c1.c1c[nH]cn1. The molecule has 0 unspecified atom stereocenters. The van der Waals surface area contributed by atoms with Gasteiger partial charge in [0.1, 0.15) is 11.0 Å². The number of halogens is 3. The lowest BCUT2D eigenvalue weighted by Crippen LogP contribution is -2.04. The fourth-order valence-electron chi connectivity index (χ4n) is 1.23. The Morgan fingerprint density at radius 1 is 1.06 bits per heavy atom. The van der Waals surface area contributed by atoms with Crippen molar-refractivity contribution in [3.05, 3.63) is 42.5 Å². The lowest BCUT2D eigenvalue weighted by Gasteiger charge is -2.04. The summed E-state index contributed by atoms with van der Waals surface area (Å²) in [6, 6.07) is 3.21. The van der Waals surface area contributed by atoms with Crippen LogP contribution in [0.15, 0.2) is 36.9 Å². The molecular weight excluding hydrogens is 247 g/mol. The summed E-state index contributed by atoms with van der Waals surface area (Å²) >= 11 is 0. The number of H-pyrrole nitrogens is 2. The zero-order valence-electron chi connectivity index (χ0n) is 8.94. The van der Waals surface area contributed by atoms with Gasteiger partial charge < -0.3 is 4.98 Å². The van der Waals surface area contributed by atoms with Crippen LogP contribution in [0, 0.1) is 0 Å². The predicted octanol–water partition coefficient (Wildman–Crippen LogP) is 2.39. The molecule has 0 atom stereocenters. The highest BCUT2D eigenvalue weighted by atomic mass is 19.4. The maximum atomic E-state index is 12.2. The molecule has 0 aliphatic carbocycles. The van der Waals surface area contributed by atoms with Crippen molar-refractivity contribution >= 4 is 11.0 Å². The third-order valence-electron chi connectivity index (χ3n) is 2.05. The number of rotatable bonds is 0. The normalized spacial score (nSPS) is 11.1. The molecule has 0 aliphatic rings. The number of aromatic amines is 2. The highest BCUT2D eigenvalue weighted by Gasteiger charge is 2.30. The van der Waals surface area contributed by atoms with Crippen LogP contribution in [-0.4, -0.2) is 25.4 Å². The molecule has 0 fully saturated rings. The van der Waals surface area contributed by atoms with E-state index >= 15 is 0 Å². The van der Waals surface area contributed by atoms with Gasteiger partial charge >= 0.3 is 6.18 Å². The largest absolute Gasteiger partial charge is 0.416 e. The van der Waals surface area contributed by atoms with Crippen LogP contribution in [0.25, 0.3) is 11.0 Å². The van der Waals surface area contributed by atoms with Crippen LogP contribution in [0.1, 0.15) is 5.56 Å². The molecule has 1 aromatic carbocycles. The van der Waals surface area contributed by atoms with E-state index in [-0.39, 0.29) is 5.52 Å². The van der Waals surface area contributed by atoms with Crippen LogP contribution in [-0.2, 0) is 6.18 Å². The molecule has 0 saturated heterocycles. The van der Waals surface area contributed by atoms with Crippen molar-refractivity contribution in [1.82, 2.24) is 25.4 Å². The molecule has 2 N–H and O–H groups in total. The quantitative estimate of drug-likeness (QED) is 0.648. The van der Waals surface area contributed by atoms with Crippen LogP contribution in [0.2, 0.25) is 0 Å². The first-order valence-corrected chi connectivity index (χ1v) is 4.88. The van der Waals surface area contributed by atoms with Gasteiger partial charge in [0.05, 0.1) is 11.9 Å². The van der Waals surface area contributed by atoms with Crippen molar-refractivity contribution in [2.75, 3.05) is 0 Å². The summed E-state index contributed by atoms with van der Waals surface area (Å²) in [5, 5.41) is 9.44. The molecule has 2 heterocycles. The minimum Gasteiger partial charge on any atom is -0.351 e. The lowest BCUT2D eigenvalue weighted by atomic mass is 10.2. The van der Waals surface area contributed by atoms with Crippen LogP contribution < -0.4 is 0 Å². The Morgan fingerprint density at radius 2 is 1.83 bits per heavy atom. The van der Waals surface area contributed by atoms with Crippen molar-refractivity contribution in [3.63, 3.8) is 0 Å². The van der Waals surface area contributed by atoms with E-state index in [1.54, 1.807) is 18.7 Å². The minimum atomic E-state index is -4.33. The van der Waals surface area contributed by atoms with Gasteiger partial charge in [-0.2, -0.15) is 28.6 Å². The standard InChI is InChI=1S/C7H4F3N3.C3H4N2/c8-7(9,10)4-1-2-5-6(3-4)12-13-11-5;1-2-5-3-4-1/h1-3H,(H,11,12,13);1-3H,(H,4,5). The highest BCUT2D eigenvalue weighted by molar-refractivity contribution is 5.74. The molecule has 0 spiro atoms. The van der Waals surface area contributed by atoms with Crippen molar-refractivity contribution in [2.45, 2.75) is 6.18 Å². The van der Waals surface area contributed by atoms with Gasteiger partial charge in [0.2, 0.25) is 0 Å². The minimum absolute atomic E-state index is 0.217. The van der Waals surface area contributed by atoms with Gasteiger partial charge in [-0.1, -0.05) is 0 Å². The van der Waals surface area contributed by atoms with Crippen LogP contribution in [0.3, 0.4) is 0 Å². The van der Waals surface area contributed by atoms with Crippen molar-refractivity contribution in [3.8, 4) is 0 Å². The smallest absolute Gasteiger partial charge is 0.351 e. The van der Waals surface area contributed by atoms with E-state index in [2.05, 4.69) is 25.4 Å². The second kappa shape index (κ2) is 4.86. The van der Waals surface area contributed by atoms with Gasteiger partial charge in [0.25, 0.3) is 0 Å². The number of nitrogens with one attached hydrogen (secondary N) is 2. The molecule has 3 aromatic rings. The summed E-state index contributed by atoms with van der Waals surface area (Å²) in [7, 11) is 0. The van der Waals surface area contributed by atoms with E-state index in [1.807, 2.05) is 0 Å². The van der Waals surface area contributed by atoms with Gasteiger partial charge in [-0.15, -0.1) is 0 Å². The van der Waals surface area contributed by atoms with Crippen LogP contribution >= 0.6 is 0 Å². The van der Waals surface area contributed by atoms with Gasteiger partial charge in [-0.05, 0) is 18.2 Å². The first kappa shape index (κ1) is 12.1. The third-order valence-corrected chi connectivity index (χ3v) is 2.05. The molecule has 94 valence electrons. The molecule has 18 heavy (non-hydrogen) atoms. The fraction of sp³-hybridized carbons (Fsp3) is 0.100. The van der Waals surface area contributed by atoms with Crippen LogP contribution in [0.5, 0.6) is 0 Å². The molecule has 0 radical (unpaired) electrons. The monoisotopic (exact) mass is 255 g/mol. The zero-order valence-corrected chi connectivity index (χ0v) is 8.94. The summed E-state index contributed by atoms with van der Waals surface area (Å²) in [5.74, 6) is 0. The summed E-state index contributed by atoms with van der Waals surface area (Å²) < 4.78 is 36.5. The summed E-state index contributed by atoms with van der Waals surface area (Å²) in [6.45, 7) is 0. The molecule has 0 saturated carbocycles. The van der Waals surface area contributed by atoms with Gasteiger partial charge in [0, 0.05) is 12.4 Å². The van der Waals surface area contributed by atoms with E-state index in [9.17, 15) is 13.2 Å². The Kier molecular flexibility index (Phi) is 3.26. The van der Waals surface area contributed by atoms with E-state index in [1.165, 1.54) is 6.07 Å². The lowest BCUT2D eigenvalue weighted by molar-refractivity contribution is -0.137. The highest BCUT2D eigenvalue weighted by Crippen LogP contribution is 2.30. The van der Waals surface area contributed by atoms with Gasteiger partial charge in [-0.25, -0.2) is 4.98 Å². The average molecular weight is 255 g/mol.